The zero-order valence-electron chi connectivity index (χ0n) is 32.3. The van der Waals surface area contributed by atoms with Gasteiger partial charge in [-0.1, -0.05) is 130 Å². The Hall–Kier alpha value is -4.38. The molecule has 3 aromatic rings. The third-order valence-corrected chi connectivity index (χ3v) is 14.4. The Morgan fingerprint density at radius 1 is 0.889 bits per heavy atom. The first-order chi connectivity index (χ1) is 26.0. The molecule has 0 fully saturated rings. The highest BCUT2D eigenvalue weighted by atomic mass is 28.4. The molecular formula is C45H56O8Si. The third-order valence-electron chi connectivity index (χ3n) is 9.36. The van der Waals surface area contributed by atoms with Crippen molar-refractivity contribution in [1.29, 1.82) is 0 Å². The molecule has 0 radical (unpaired) electrons. The number of ether oxygens (including phenoxy) is 4. The molecule has 54 heavy (non-hydrogen) atoms. The van der Waals surface area contributed by atoms with E-state index in [9.17, 15) is 14.7 Å². The van der Waals surface area contributed by atoms with E-state index in [1.807, 2.05) is 48.6 Å². The minimum atomic E-state index is -2.81. The monoisotopic (exact) mass is 752 g/mol. The standard InChI is InChI=1S/C45H56O8Si/c1-45(2,3)54(42-23-8-6-9-24-42,43-25-10-7-11-26-43)52-34-41(51-33-35-28-30-38(49-4)31-29-35)22-13-17-37(47)32-36(46)16-12-18-39-19-14-20-40(53-39)21-15-27-44(48)50-5/h6-17,20,23-31,37,39-41,47H,18-19,21-22,32-34H2,1-5H3/b16-12+,17-13+,27-15-/t37-,39-,40+,41-/m1/s1. The summed E-state index contributed by atoms with van der Waals surface area (Å²) in [6, 6.07) is 28.8. The lowest BCUT2D eigenvalue weighted by Crippen LogP contribution is -2.67. The molecule has 8 nitrogen and oxygen atoms in total. The molecule has 1 N–H and O–H groups in total. The predicted molar refractivity (Wildman–Crippen MR) is 216 cm³/mol. The number of methoxy groups -OCH3 is 2. The lowest BCUT2D eigenvalue weighted by atomic mass is 10.1. The Morgan fingerprint density at radius 3 is 2.15 bits per heavy atom. The van der Waals surface area contributed by atoms with Crippen LogP contribution in [0.15, 0.2) is 134 Å². The number of aliphatic hydroxyl groups is 1. The topological polar surface area (TPSA) is 101 Å². The zero-order valence-corrected chi connectivity index (χ0v) is 33.3. The summed E-state index contributed by atoms with van der Waals surface area (Å²) in [4.78, 5) is 24.0. The zero-order chi connectivity index (χ0) is 38.8. The van der Waals surface area contributed by atoms with Gasteiger partial charge in [0.2, 0.25) is 0 Å². The minimum absolute atomic E-state index is 0.0324. The van der Waals surface area contributed by atoms with E-state index in [1.165, 1.54) is 29.6 Å². The van der Waals surface area contributed by atoms with Crippen molar-refractivity contribution < 1.29 is 38.1 Å². The number of carbonyl (C=O) groups excluding carboxylic acids is 2. The Balaban J connectivity index is 1.39. The molecule has 1 aliphatic heterocycles. The average molecular weight is 753 g/mol. The van der Waals surface area contributed by atoms with Crippen molar-refractivity contribution in [2.24, 2.45) is 0 Å². The molecule has 0 saturated carbocycles. The molecule has 288 valence electrons. The third kappa shape index (κ3) is 12.9. The van der Waals surface area contributed by atoms with Crippen molar-refractivity contribution in [2.45, 2.75) is 88.9 Å². The number of allylic oxidation sites excluding steroid dienone is 1. The van der Waals surface area contributed by atoms with Crippen LogP contribution in [0.4, 0.5) is 0 Å². The van der Waals surface area contributed by atoms with Crippen molar-refractivity contribution in [2.75, 3.05) is 20.8 Å². The number of hydrogen-bond acceptors (Lipinski definition) is 8. The Morgan fingerprint density at radius 2 is 1.54 bits per heavy atom. The number of hydrogen-bond donors (Lipinski definition) is 1. The number of rotatable bonds is 20. The first kappa shape index (κ1) is 42.4. The highest BCUT2D eigenvalue weighted by Gasteiger charge is 2.50. The fraction of sp³-hybridized carbons (Fsp3) is 0.378. The fourth-order valence-electron chi connectivity index (χ4n) is 6.56. The van der Waals surface area contributed by atoms with Crippen LogP contribution in [0.25, 0.3) is 0 Å². The molecule has 1 aliphatic rings. The molecule has 4 rings (SSSR count). The second-order valence-electron chi connectivity index (χ2n) is 14.4. The summed E-state index contributed by atoms with van der Waals surface area (Å²) < 4.78 is 29.7. The molecule has 0 aromatic heterocycles. The molecule has 1 heterocycles. The van der Waals surface area contributed by atoms with Crippen molar-refractivity contribution in [3.63, 3.8) is 0 Å². The largest absolute Gasteiger partial charge is 0.497 e. The smallest absolute Gasteiger partial charge is 0.330 e. The average Bonchev–Trinajstić information content (AvgIpc) is 3.17. The normalized spacial score (nSPS) is 17.6. The van der Waals surface area contributed by atoms with Crippen LogP contribution in [0.3, 0.4) is 0 Å². The summed E-state index contributed by atoms with van der Waals surface area (Å²) in [5.74, 6) is 0.211. The summed E-state index contributed by atoms with van der Waals surface area (Å²) in [6.07, 6.45) is 14.9. The Bertz CT molecular complexity index is 1650. The van der Waals surface area contributed by atoms with Crippen LogP contribution >= 0.6 is 0 Å². The van der Waals surface area contributed by atoms with Crippen LogP contribution in [0.2, 0.25) is 5.04 Å². The lowest BCUT2D eigenvalue weighted by molar-refractivity contribution is -0.134. The van der Waals surface area contributed by atoms with E-state index in [0.29, 0.717) is 32.5 Å². The molecular weight excluding hydrogens is 697 g/mol. The molecule has 4 atom stereocenters. The van der Waals surface area contributed by atoms with Gasteiger partial charge < -0.3 is 28.5 Å². The molecule has 9 heteroatoms. The van der Waals surface area contributed by atoms with Gasteiger partial charge in [0, 0.05) is 12.5 Å². The lowest BCUT2D eigenvalue weighted by Gasteiger charge is -2.43. The summed E-state index contributed by atoms with van der Waals surface area (Å²) in [7, 11) is 0.173. The second kappa shape index (κ2) is 21.5. The van der Waals surface area contributed by atoms with Crippen molar-refractivity contribution >= 4 is 30.4 Å². The SMILES string of the molecule is COC(=O)/C=C\C[C@@H]1C=CC[C@@H](C/C=C/C(=O)C[C@H](O)/C=C/C[C@H](CO[Si](c2ccccc2)(c2ccccc2)C(C)(C)C)OCc2ccc(OC)cc2)O1. The van der Waals surface area contributed by atoms with E-state index < -0.39 is 20.4 Å². The van der Waals surface area contributed by atoms with Crippen molar-refractivity contribution in [1.82, 2.24) is 0 Å². The quantitative estimate of drug-likeness (QED) is 0.0560. The van der Waals surface area contributed by atoms with E-state index in [-0.39, 0.29) is 35.6 Å². The van der Waals surface area contributed by atoms with E-state index >= 15 is 0 Å². The van der Waals surface area contributed by atoms with Crippen LogP contribution in [-0.2, 0) is 34.8 Å². The summed E-state index contributed by atoms with van der Waals surface area (Å²) in [5.41, 5.74) is 1.01. The van der Waals surface area contributed by atoms with Crippen LogP contribution in [-0.4, -0.2) is 70.4 Å². The fourth-order valence-corrected chi connectivity index (χ4v) is 11.2. The predicted octanol–water partition coefficient (Wildman–Crippen LogP) is 7.20. The highest BCUT2D eigenvalue weighted by molar-refractivity contribution is 6.99. The second-order valence-corrected chi connectivity index (χ2v) is 18.7. The molecule has 0 saturated heterocycles. The first-order valence-corrected chi connectivity index (χ1v) is 20.5. The van der Waals surface area contributed by atoms with E-state index in [4.69, 9.17) is 18.6 Å². The van der Waals surface area contributed by atoms with Gasteiger partial charge in [-0.3, -0.25) is 4.79 Å². The maximum Gasteiger partial charge on any atom is 0.330 e. The van der Waals surface area contributed by atoms with Crippen molar-refractivity contribution in [3.05, 3.63) is 139 Å². The number of aliphatic hydroxyl groups excluding tert-OH is 1. The van der Waals surface area contributed by atoms with E-state index in [0.717, 1.165) is 17.7 Å². The van der Waals surface area contributed by atoms with E-state index in [1.54, 1.807) is 25.3 Å². The van der Waals surface area contributed by atoms with Gasteiger partial charge >= 0.3 is 5.97 Å². The summed E-state index contributed by atoms with van der Waals surface area (Å²) >= 11 is 0. The highest BCUT2D eigenvalue weighted by Crippen LogP contribution is 2.37. The van der Waals surface area contributed by atoms with Gasteiger partial charge in [0.1, 0.15) is 5.75 Å². The molecule has 0 aliphatic carbocycles. The Labute approximate surface area is 322 Å². The summed E-state index contributed by atoms with van der Waals surface area (Å²) in [6.45, 7) is 7.46. The van der Waals surface area contributed by atoms with Gasteiger partial charge in [-0.05, 0) is 64.9 Å². The molecule has 0 spiro atoms. The Kier molecular flexibility index (Phi) is 16.9. The molecule has 0 unspecified atom stereocenters. The van der Waals surface area contributed by atoms with Crippen LogP contribution < -0.4 is 15.1 Å². The van der Waals surface area contributed by atoms with Gasteiger partial charge in [0.25, 0.3) is 8.32 Å². The summed E-state index contributed by atoms with van der Waals surface area (Å²) in [5, 5.41) is 13.0. The van der Waals surface area contributed by atoms with Gasteiger partial charge in [-0.25, -0.2) is 4.79 Å². The molecule has 0 bridgehead atoms. The number of benzene rings is 3. The van der Waals surface area contributed by atoms with Crippen LogP contribution in [0, 0.1) is 0 Å². The van der Waals surface area contributed by atoms with Gasteiger partial charge in [0.15, 0.2) is 5.78 Å². The minimum Gasteiger partial charge on any atom is -0.497 e. The number of esters is 1. The molecule has 3 aromatic carbocycles. The van der Waals surface area contributed by atoms with E-state index in [2.05, 4.69) is 80.1 Å². The van der Waals surface area contributed by atoms with Gasteiger partial charge in [-0.15, -0.1) is 0 Å². The van der Waals surface area contributed by atoms with Gasteiger partial charge in [-0.2, -0.15) is 0 Å². The van der Waals surface area contributed by atoms with Crippen LogP contribution in [0.5, 0.6) is 5.75 Å². The molecule has 0 amide bonds. The maximum absolute atomic E-state index is 12.7. The van der Waals surface area contributed by atoms with Crippen molar-refractivity contribution in [3.8, 4) is 5.75 Å². The number of ketones is 1. The van der Waals surface area contributed by atoms with Gasteiger partial charge in [0.05, 0.1) is 51.8 Å². The first-order valence-electron chi connectivity index (χ1n) is 18.6. The van der Waals surface area contributed by atoms with Crippen LogP contribution in [0.1, 0.15) is 58.4 Å². The maximum atomic E-state index is 12.7. The number of carbonyl (C=O) groups is 2.